The lowest BCUT2D eigenvalue weighted by Gasteiger charge is -2.13. The second-order valence-corrected chi connectivity index (χ2v) is 6.65. The van der Waals surface area contributed by atoms with E-state index in [4.69, 9.17) is 0 Å². The molecule has 0 aliphatic rings. The van der Waals surface area contributed by atoms with Crippen molar-refractivity contribution in [3.63, 3.8) is 0 Å². The molecule has 0 saturated heterocycles. The number of amides is 1. The summed E-state index contributed by atoms with van der Waals surface area (Å²) in [6.45, 7) is 0.187. The molecule has 4 aromatic rings. The van der Waals surface area contributed by atoms with Gasteiger partial charge >= 0.3 is 6.18 Å². The van der Waals surface area contributed by atoms with Crippen LogP contribution in [0.1, 0.15) is 21.5 Å². The van der Waals surface area contributed by atoms with Gasteiger partial charge in [-0.2, -0.15) is 18.3 Å². The van der Waals surface area contributed by atoms with Crippen molar-refractivity contribution in [3.8, 4) is 0 Å². The number of aromatic nitrogens is 4. The number of nitrogens with zero attached hydrogens (tertiary/aromatic N) is 3. The molecule has 3 N–H and O–H groups in total. The Morgan fingerprint density at radius 2 is 1.88 bits per heavy atom. The Bertz CT molecular complexity index is 1300. The van der Waals surface area contributed by atoms with Crippen LogP contribution >= 0.6 is 0 Å². The van der Waals surface area contributed by atoms with Gasteiger partial charge in [0.25, 0.3) is 5.91 Å². The van der Waals surface area contributed by atoms with Crippen molar-refractivity contribution in [2.75, 3.05) is 10.6 Å². The SMILES string of the molecule is O=C(Nc1ccc(C(F)(F)F)c(F)c1)c1cc(F)cnc1NCc1ccnc2[nH]ncc12. The number of hydrogen-bond acceptors (Lipinski definition) is 5. The van der Waals surface area contributed by atoms with E-state index in [1.165, 1.54) is 0 Å². The van der Waals surface area contributed by atoms with Crippen LogP contribution in [0, 0.1) is 11.6 Å². The van der Waals surface area contributed by atoms with Crippen LogP contribution in [0.15, 0.2) is 48.9 Å². The number of anilines is 2. The van der Waals surface area contributed by atoms with E-state index >= 15 is 0 Å². The zero-order valence-corrected chi connectivity index (χ0v) is 16.0. The number of carbonyl (C=O) groups excluding carboxylic acids is 1. The van der Waals surface area contributed by atoms with Gasteiger partial charge in [0.2, 0.25) is 0 Å². The maximum absolute atomic E-state index is 13.8. The van der Waals surface area contributed by atoms with E-state index in [-0.39, 0.29) is 23.6 Å². The Morgan fingerprint density at radius 3 is 2.62 bits per heavy atom. The quantitative estimate of drug-likeness (QED) is 0.391. The third-order valence-corrected chi connectivity index (χ3v) is 4.52. The van der Waals surface area contributed by atoms with Gasteiger partial charge in [-0.25, -0.2) is 18.7 Å². The van der Waals surface area contributed by atoms with E-state index in [0.717, 1.165) is 29.3 Å². The van der Waals surface area contributed by atoms with Crippen LogP contribution < -0.4 is 10.6 Å². The monoisotopic (exact) mass is 448 g/mol. The fraction of sp³-hybridized carbons (Fsp3) is 0.100. The summed E-state index contributed by atoms with van der Waals surface area (Å²) in [5.74, 6) is -3.22. The smallest absolute Gasteiger partial charge is 0.365 e. The van der Waals surface area contributed by atoms with Crippen LogP contribution in [0.5, 0.6) is 0 Å². The van der Waals surface area contributed by atoms with E-state index in [9.17, 15) is 26.7 Å². The summed E-state index contributed by atoms with van der Waals surface area (Å²) >= 11 is 0. The fourth-order valence-corrected chi connectivity index (χ4v) is 3.01. The fourth-order valence-electron chi connectivity index (χ4n) is 3.01. The van der Waals surface area contributed by atoms with Gasteiger partial charge in [0, 0.05) is 23.8 Å². The Morgan fingerprint density at radius 1 is 1.06 bits per heavy atom. The normalized spacial score (nSPS) is 11.5. The Labute approximate surface area is 176 Å². The summed E-state index contributed by atoms with van der Waals surface area (Å²) in [7, 11) is 0. The number of pyridine rings is 2. The first-order valence-electron chi connectivity index (χ1n) is 9.07. The highest BCUT2D eigenvalue weighted by atomic mass is 19.4. The van der Waals surface area contributed by atoms with Crippen molar-refractivity contribution in [1.29, 1.82) is 0 Å². The number of nitrogens with one attached hydrogen (secondary N) is 3. The number of alkyl halides is 3. The third-order valence-electron chi connectivity index (χ3n) is 4.52. The molecule has 164 valence electrons. The van der Waals surface area contributed by atoms with Crippen molar-refractivity contribution in [1.82, 2.24) is 20.2 Å². The first-order chi connectivity index (χ1) is 15.2. The minimum atomic E-state index is -4.87. The van der Waals surface area contributed by atoms with E-state index in [2.05, 4.69) is 30.8 Å². The molecule has 12 heteroatoms. The lowest BCUT2D eigenvalue weighted by Crippen LogP contribution is -2.17. The summed E-state index contributed by atoms with van der Waals surface area (Å²) in [6.07, 6.45) is -0.840. The highest BCUT2D eigenvalue weighted by molar-refractivity contribution is 6.07. The number of fused-ring (bicyclic) bond motifs is 1. The zero-order chi connectivity index (χ0) is 22.9. The molecule has 3 aromatic heterocycles. The van der Waals surface area contributed by atoms with E-state index in [1.54, 1.807) is 18.5 Å². The molecule has 0 saturated carbocycles. The molecule has 0 fully saturated rings. The summed E-state index contributed by atoms with van der Waals surface area (Å²) in [5.41, 5.74) is -0.592. The second-order valence-electron chi connectivity index (χ2n) is 6.65. The van der Waals surface area contributed by atoms with Gasteiger partial charge in [0.05, 0.1) is 23.5 Å². The van der Waals surface area contributed by atoms with Crippen molar-refractivity contribution < 1.29 is 26.7 Å². The van der Waals surface area contributed by atoms with Gasteiger partial charge in [-0.3, -0.25) is 9.89 Å². The Kier molecular flexibility index (Phi) is 5.43. The van der Waals surface area contributed by atoms with Gasteiger partial charge in [0.15, 0.2) is 5.65 Å². The number of carbonyl (C=O) groups is 1. The third kappa shape index (κ3) is 4.33. The van der Waals surface area contributed by atoms with Crippen molar-refractivity contribution in [2.45, 2.75) is 12.7 Å². The number of benzene rings is 1. The van der Waals surface area contributed by atoms with Crippen LogP contribution in [-0.2, 0) is 12.7 Å². The topological polar surface area (TPSA) is 95.6 Å². The maximum Gasteiger partial charge on any atom is 0.419 e. The summed E-state index contributed by atoms with van der Waals surface area (Å²) in [4.78, 5) is 20.6. The van der Waals surface area contributed by atoms with Crippen molar-refractivity contribution >= 4 is 28.4 Å². The average molecular weight is 448 g/mol. The first kappa shape index (κ1) is 21.2. The van der Waals surface area contributed by atoms with E-state index in [1.807, 2.05) is 0 Å². The van der Waals surface area contributed by atoms with Gasteiger partial charge in [-0.1, -0.05) is 0 Å². The largest absolute Gasteiger partial charge is 0.419 e. The predicted octanol–water partition coefficient (Wildman–Crippen LogP) is 4.51. The minimum absolute atomic E-state index is 0.0183. The number of H-pyrrole nitrogens is 1. The molecule has 0 radical (unpaired) electrons. The summed E-state index contributed by atoms with van der Waals surface area (Å²) < 4.78 is 65.7. The van der Waals surface area contributed by atoms with Gasteiger partial charge in [0.1, 0.15) is 17.5 Å². The van der Waals surface area contributed by atoms with Crippen LogP contribution in [-0.4, -0.2) is 26.1 Å². The maximum atomic E-state index is 13.8. The summed E-state index contributed by atoms with van der Waals surface area (Å²) in [6, 6.07) is 4.57. The molecule has 4 rings (SSSR count). The number of hydrogen-bond donors (Lipinski definition) is 3. The Hall–Kier alpha value is -4.09. The number of halogens is 5. The number of rotatable bonds is 5. The molecule has 0 aliphatic heterocycles. The molecule has 0 unspecified atom stereocenters. The highest BCUT2D eigenvalue weighted by Crippen LogP contribution is 2.32. The molecular weight excluding hydrogens is 435 g/mol. The molecule has 3 heterocycles. The van der Waals surface area contributed by atoms with E-state index < -0.39 is 29.3 Å². The van der Waals surface area contributed by atoms with Crippen molar-refractivity contribution in [2.24, 2.45) is 0 Å². The first-order valence-corrected chi connectivity index (χ1v) is 9.07. The molecule has 0 spiro atoms. The zero-order valence-electron chi connectivity index (χ0n) is 16.0. The van der Waals surface area contributed by atoms with Gasteiger partial charge in [-0.15, -0.1) is 0 Å². The molecule has 1 amide bonds. The van der Waals surface area contributed by atoms with Crippen LogP contribution in [0.2, 0.25) is 0 Å². The predicted molar refractivity (Wildman–Crippen MR) is 105 cm³/mol. The average Bonchev–Trinajstić information content (AvgIpc) is 3.21. The summed E-state index contributed by atoms with van der Waals surface area (Å²) in [5, 5.41) is 12.5. The lowest BCUT2D eigenvalue weighted by molar-refractivity contribution is -0.139. The standard InChI is InChI=1S/C20H13F5N6O/c21-11-5-13(19(32)30-12-1-2-15(16(22)6-12)20(23,24)25)17(28-8-11)27-7-10-3-4-26-18-14(10)9-29-31-18/h1-6,8-9H,7H2,(H,27,28)(H,30,32)(H,26,29,31). The number of aromatic amines is 1. The molecule has 1 aromatic carbocycles. The minimum Gasteiger partial charge on any atom is -0.365 e. The molecule has 0 atom stereocenters. The molecule has 0 aliphatic carbocycles. The van der Waals surface area contributed by atoms with Crippen LogP contribution in [0.3, 0.4) is 0 Å². The van der Waals surface area contributed by atoms with E-state index in [0.29, 0.717) is 17.8 Å². The van der Waals surface area contributed by atoms with Crippen LogP contribution in [0.25, 0.3) is 11.0 Å². The second kappa shape index (κ2) is 8.21. The molecule has 0 bridgehead atoms. The van der Waals surface area contributed by atoms with Gasteiger partial charge < -0.3 is 10.6 Å². The Balaban J connectivity index is 1.56. The highest BCUT2D eigenvalue weighted by Gasteiger charge is 2.34. The molecule has 32 heavy (non-hydrogen) atoms. The van der Waals surface area contributed by atoms with Crippen LogP contribution in [0.4, 0.5) is 33.5 Å². The molecular formula is C20H13F5N6O. The lowest BCUT2D eigenvalue weighted by atomic mass is 10.1. The van der Waals surface area contributed by atoms with Crippen molar-refractivity contribution in [3.05, 3.63) is 77.2 Å². The molecule has 7 nitrogen and oxygen atoms in total. The van der Waals surface area contributed by atoms with Gasteiger partial charge in [-0.05, 0) is 35.9 Å².